The lowest BCUT2D eigenvalue weighted by atomic mass is 10.1. The maximum absolute atomic E-state index is 5.72. The molecule has 2 N–H and O–H groups in total. The van der Waals surface area contributed by atoms with Crippen molar-refractivity contribution in [3.63, 3.8) is 0 Å². The summed E-state index contributed by atoms with van der Waals surface area (Å²) in [6, 6.07) is 8.51. The van der Waals surface area contributed by atoms with E-state index >= 15 is 0 Å². The van der Waals surface area contributed by atoms with Crippen molar-refractivity contribution in [1.29, 1.82) is 0 Å². The second-order valence-electron chi connectivity index (χ2n) is 4.47. The summed E-state index contributed by atoms with van der Waals surface area (Å²) in [5.74, 6) is 0.395. The zero-order chi connectivity index (χ0) is 12.4. The van der Waals surface area contributed by atoms with Crippen LogP contribution >= 0.6 is 11.3 Å². The lowest BCUT2D eigenvalue weighted by Gasteiger charge is -2.04. The summed E-state index contributed by atoms with van der Waals surface area (Å²) in [5, 5.41) is 1.10. The van der Waals surface area contributed by atoms with E-state index in [0.717, 1.165) is 10.7 Å². The Morgan fingerprint density at radius 3 is 2.47 bits per heavy atom. The molecule has 0 bridgehead atoms. The highest BCUT2D eigenvalue weighted by atomic mass is 32.1. The molecule has 17 heavy (non-hydrogen) atoms. The normalized spacial score (nSPS) is 12.7. The minimum absolute atomic E-state index is 0.395. The predicted octanol–water partition coefficient (Wildman–Crippen LogP) is 3.49. The highest BCUT2D eigenvalue weighted by Crippen LogP contribution is 2.32. The van der Waals surface area contributed by atoms with E-state index in [2.05, 4.69) is 50.0 Å². The molecule has 0 saturated heterocycles. The van der Waals surface area contributed by atoms with Gasteiger partial charge in [-0.2, -0.15) is 0 Å². The molecule has 1 unspecified atom stereocenters. The van der Waals surface area contributed by atoms with Crippen LogP contribution in [0, 0.1) is 13.8 Å². The van der Waals surface area contributed by atoms with Crippen LogP contribution in [0.3, 0.4) is 0 Å². The van der Waals surface area contributed by atoms with Gasteiger partial charge in [-0.15, -0.1) is 11.3 Å². The average molecular weight is 246 g/mol. The highest BCUT2D eigenvalue weighted by molar-refractivity contribution is 7.15. The fourth-order valence-electron chi connectivity index (χ4n) is 1.79. The number of aromatic nitrogens is 1. The van der Waals surface area contributed by atoms with Gasteiger partial charge in [-0.3, -0.25) is 0 Å². The first kappa shape index (κ1) is 12.3. The van der Waals surface area contributed by atoms with Gasteiger partial charge in [-0.25, -0.2) is 4.98 Å². The SMILES string of the molecule is Cc1ccc(-c2nc(C)c(C(C)CN)s2)cc1. The standard InChI is InChI=1S/C14H18N2S/c1-9-4-6-12(7-5-9)14-16-11(3)13(17-14)10(2)8-15/h4-7,10H,8,15H2,1-3H3. The van der Waals surface area contributed by atoms with E-state index < -0.39 is 0 Å². The fourth-order valence-corrected chi connectivity index (χ4v) is 2.93. The van der Waals surface area contributed by atoms with Gasteiger partial charge in [0.1, 0.15) is 5.01 Å². The first-order valence-electron chi connectivity index (χ1n) is 5.86. The summed E-state index contributed by atoms with van der Waals surface area (Å²) in [6.45, 7) is 6.99. The lowest BCUT2D eigenvalue weighted by molar-refractivity contribution is 0.780. The molecule has 0 aliphatic carbocycles. The highest BCUT2D eigenvalue weighted by Gasteiger charge is 2.13. The van der Waals surface area contributed by atoms with Gasteiger partial charge in [-0.1, -0.05) is 36.8 Å². The Hall–Kier alpha value is -1.19. The maximum Gasteiger partial charge on any atom is 0.123 e. The minimum Gasteiger partial charge on any atom is -0.330 e. The van der Waals surface area contributed by atoms with E-state index in [4.69, 9.17) is 5.73 Å². The van der Waals surface area contributed by atoms with Gasteiger partial charge >= 0.3 is 0 Å². The largest absolute Gasteiger partial charge is 0.330 e. The second-order valence-corrected chi connectivity index (χ2v) is 5.50. The van der Waals surface area contributed by atoms with Crippen LogP contribution < -0.4 is 5.73 Å². The molecule has 1 heterocycles. The van der Waals surface area contributed by atoms with Gasteiger partial charge in [0.2, 0.25) is 0 Å². The Morgan fingerprint density at radius 1 is 1.24 bits per heavy atom. The number of aryl methyl sites for hydroxylation is 2. The van der Waals surface area contributed by atoms with Crippen LogP contribution in [0.15, 0.2) is 24.3 Å². The van der Waals surface area contributed by atoms with Gasteiger partial charge < -0.3 is 5.73 Å². The van der Waals surface area contributed by atoms with Crippen molar-refractivity contribution in [2.75, 3.05) is 6.54 Å². The molecule has 1 aromatic carbocycles. The Morgan fingerprint density at radius 2 is 1.88 bits per heavy atom. The van der Waals surface area contributed by atoms with Crippen LogP contribution in [0.2, 0.25) is 0 Å². The summed E-state index contributed by atoms with van der Waals surface area (Å²) in [6.07, 6.45) is 0. The lowest BCUT2D eigenvalue weighted by Crippen LogP contribution is -2.08. The van der Waals surface area contributed by atoms with Gasteiger partial charge in [0, 0.05) is 16.4 Å². The molecule has 0 amide bonds. The summed E-state index contributed by atoms with van der Waals surface area (Å²) >= 11 is 1.76. The molecule has 0 aliphatic heterocycles. The molecule has 1 aromatic heterocycles. The van der Waals surface area contributed by atoms with Gasteiger partial charge in [0.25, 0.3) is 0 Å². The molecule has 2 nitrogen and oxygen atoms in total. The van der Waals surface area contributed by atoms with Crippen molar-refractivity contribution in [1.82, 2.24) is 4.98 Å². The number of rotatable bonds is 3. The van der Waals surface area contributed by atoms with Crippen molar-refractivity contribution in [2.45, 2.75) is 26.7 Å². The Bertz CT molecular complexity index is 499. The molecular weight excluding hydrogens is 228 g/mol. The van der Waals surface area contributed by atoms with Gasteiger partial charge in [0.05, 0.1) is 5.69 Å². The van der Waals surface area contributed by atoms with Crippen LogP contribution in [0.25, 0.3) is 10.6 Å². The summed E-state index contributed by atoms with van der Waals surface area (Å²) < 4.78 is 0. The van der Waals surface area contributed by atoms with Crippen LogP contribution in [-0.2, 0) is 0 Å². The molecule has 0 saturated carbocycles. The Balaban J connectivity index is 2.37. The number of thiazole rings is 1. The van der Waals surface area contributed by atoms with Crippen LogP contribution in [0.5, 0.6) is 0 Å². The fraction of sp³-hybridized carbons (Fsp3) is 0.357. The zero-order valence-electron chi connectivity index (χ0n) is 10.5. The summed E-state index contributed by atoms with van der Waals surface area (Å²) in [7, 11) is 0. The van der Waals surface area contributed by atoms with E-state index in [1.807, 2.05) is 0 Å². The molecule has 2 rings (SSSR count). The van der Waals surface area contributed by atoms with Crippen molar-refractivity contribution in [3.8, 4) is 10.6 Å². The van der Waals surface area contributed by atoms with Crippen molar-refractivity contribution in [3.05, 3.63) is 40.4 Å². The second kappa shape index (κ2) is 4.98. The van der Waals surface area contributed by atoms with Crippen molar-refractivity contribution in [2.24, 2.45) is 5.73 Å². The maximum atomic E-state index is 5.72. The number of benzene rings is 1. The summed E-state index contributed by atoms with van der Waals surface area (Å²) in [4.78, 5) is 5.95. The molecule has 2 aromatic rings. The minimum atomic E-state index is 0.395. The van der Waals surface area contributed by atoms with Gasteiger partial charge in [-0.05, 0) is 20.4 Å². The molecule has 0 fully saturated rings. The molecular formula is C14H18N2S. The molecule has 1 atom stereocenters. The Labute approximate surface area is 107 Å². The van der Waals surface area contributed by atoms with Crippen molar-refractivity contribution < 1.29 is 0 Å². The molecule has 0 spiro atoms. The summed E-state index contributed by atoms with van der Waals surface area (Å²) in [5.41, 5.74) is 9.30. The first-order valence-corrected chi connectivity index (χ1v) is 6.68. The molecule has 90 valence electrons. The van der Waals surface area contributed by atoms with E-state index in [-0.39, 0.29) is 0 Å². The Kier molecular flexibility index (Phi) is 3.60. The predicted molar refractivity (Wildman–Crippen MR) is 74.5 cm³/mol. The van der Waals surface area contributed by atoms with Gasteiger partial charge in [0.15, 0.2) is 0 Å². The number of hydrogen-bond acceptors (Lipinski definition) is 3. The zero-order valence-corrected chi connectivity index (χ0v) is 11.3. The molecule has 0 radical (unpaired) electrons. The molecule has 0 aliphatic rings. The van der Waals surface area contributed by atoms with Crippen LogP contribution in [0.1, 0.15) is 29.0 Å². The third-order valence-electron chi connectivity index (χ3n) is 2.93. The number of nitrogens with zero attached hydrogens (tertiary/aromatic N) is 1. The molecule has 3 heteroatoms. The van der Waals surface area contributed by atoms with Crippen LogP contribution in [-0.4, -0.2) is 11.5 Å². The number of hydrogen-bond donors (Lipinski definition) is 1. The topological polar surface area (TPSA) is 38.9 Å². The average Bonchev–Trinajstić information content (AvgIpc) is 2.71. The number of nitrogens with two attached hydrogens (primary N) is 1. The van der Waals surface area contributed by atoms with Crippen LogP contribution in [0.4, 0.5) is 0 Å². The third kappa shape index (κ3) is 2.56. The van der Waals surface area contributed by atoms with Crippen molar-refractivity contribution >= 4 is 11.3 Å². The van der Waals surface area contributed by atoms with E-state index in [0.29, 0.717) is 12.5 Å². The van der Waals surface area contributed by atoms with E-state index in [1.165, 1.54) is 16.0 Å². The monoisotopic (exact) mass is 246 g/mol. The van der Waals surface area contributed by atoms with E-state index in [9.17, 15) is 0 Å². The third-order valence-corrected chi connectivity index (χ3v) is 4.37. The smallest absolute Gasteiger partial charge is 0.123 e. The quantitative estimate of drug-likeness (QED) is 0.900. The first-order chi connectivity index (χ1) is 8.11. The van der Waals surface area contributed by atoms with E-state index in [1.54, 1.807) is 11.3 Å².